The molecule has 3 N–H and O–H groups in total. The van der Waals surface area contributed by atoms with Gasteiger partial charge in [-0.05, 0) is 50.5 Å². The minimum absolute atomic E-state index is 0.114. The largest absolute Gasteiger partial charge is 0.393 e. The number of aliphatic hydroxyl groups is 2. The topological polar surface area (TPSA) is 61.7 Å². The van der Waals surface area contributed by atoms with E-state index in [1.54, 1.807) is 0 Å². The van der Waals surface area contributed by atoms with Crippen molar-refractivity contribution in [3.05, 3.63) is 0 Å². The fourth-order valence-electron chi connectivity index (χ4n) is 2.62. The van der Waals surface area contributed by atoms with Gasteiger partial charge in [0.25, 0.3) is 0 Å². The van der Waals surface area contributed by atoms with Crippen molar-refractivity contribution in [3.8, 4) is 0 Å². The van der Waals surface area contributed by atoms with Gasteiger partial charge in [0.15, 0.2) is 0 Å². The van der Waals surface area contributed by atoms with E-state index in [0.717, 1.165) is 38.3 Å². The number of rotatable bonds is 8. The Kier molecular flexibility index (Phi) is 5.89. The van der Waals surface area contributed by atoms with Crippen molar-refractivity contribution < 1.29 is 14.9 Å². The molecular weight excluding hydrogens is 230 g/mol. The van der Waals surface area contributed by atoms with Crippen LogP contribution in [0.25, 0.3) is 0 Å². The summed E-state index contributed by atoms with van der Waals surface area (Å²) in [6.07, 6.45) is 6.24. The molecule has 2 aliphatic rings. The third kappa shape index (κ3) is 5.65. The zero-order valence-corrected chi connectivity index (χ0v) is 11.2. The van der Waals surface area contributed by atoms with Crippen molar-refractivity contribution in [2.75, 3.05) is 26.3 Å². The Morgan fingerprint density at radius 1 is 1.17 bits per heavy atom. The Hall–Kier alpha value is -0.160. The standard InChI is InChI=1S/C14H27NO3/c16-13-3-1-2-12(6-13)7-15-8-14(17)10-18-9-11-4-5-11/h11-17H,1-10H2. The first-order valence-corrected chi connectivity index (χ1v) is 7.38. The molecule has 4 nitrogen and oxygen atoms in total. The first-order valence-electron chi connectivity index (χ1n) is 7.38. The monoisotopic (exact) mass is 257 g/mol. The van der Waals surface area contributed by atoms with Gasteiger partial charge in [0.05, 0.1) is 18.8 Å². The van der Waals surface area contributed by atoms with E-state index in [2.05, 4.69) is 5.32 Å². The molecule has 0 aliphatic heterocycles. The second kappa shape index (κ2) is 7.43. The molecule has 18 heavy (non-hydrogen) atoms. The van der Waals surface area contributed by atoms with Crippen LogP contribution in [0.4, 0.5) is 0 Å². The molecule has 3 unspecified atom stereocenters. The van der Waals surface area contributed by atoms with Crippen molar-refractivity contribution in [1.82, 2.24) is 5.32 Å². The molecule has 4 heteroatoms. The molecule has 0 saturated heterocycles. The molecule has 0 aromatic heterocycles. The van der Waals surface area contributed by atoms with Crippen LogP contribution >= 0.6 is 0 Å². The lowest BCUT2D eigenvalue weighted by atomic mass is 9.87. The molecular formula is C14H27NO3. The lowest BCUT2D eigenvalue weighted by Gasteiger charge is -2.26. The van der Waals surface area contributed by atoms with Crippen molar-refractivity contribution >= 4 is 0 Å². The van der Waals surface area contributed by atoms with E-state index in [0.29, 0.717) is 19.1 Å². The first kappa shape index (κ1) is 14.3. The maximum absolute atomic E-state index is 9.73. The first-order chi connectivity index (χ1) is 8.74. The van der Waals surface area contributed by atoms with Crippen molar-refractivity contribution in [2.45, 2.75) is 50.7 Å². The normalized spacial score (nSPS) is 30.3. The van der Waals surface area contributed by atoms with Crippen LogP contribution in [0.15, 0.2) is 0 Å². The summed E-state index contributed by atoms with van der Waals surface area (Å²) in [5, 5.41) is 22.6. The van der Waals surface area contributed by atoms with Crippen LogP contribution in [0.3, 0.4) is 0 Å². The predicted octanol–water partition coefficient (Wildman–Crippen LogP) is 0.915. The van der Waals surface area contributed by atoms with Crippen molar-refractivity contribution in [2.24, 2.45) is 11.8 Å². The van der Waals surface area contributed by atoms with Gasteiger partial charge in [-0.3, -0.25) is 0 Å². The zero-order valence-electron chi connectivity index (χ0n) is 11.2. The van der Waals surface area contributed by atoms with E-state index in [-0.39, 0.29) is 6.10 Å². The van der Waals surface area contributed by atoms with Crippen LogP contribution < -0.4 is 5.32 Å². The number of ether oxygens (including phenoxy) is 1. The Morgan fingerprint density at radius 3 is 2.72 bits per heavy atom. The summed E-state index contributed by atoms with van der Waals surface area (Å²) >= 11 is 0. The second-order valence-electron chi connectivity index (χ2n) is 5.98. The SMILES string of the molecule is OC(CNCC1CCCC(O)C1)COCC1CC1. The average Bonchev–Trinajstić information content (AvgIpc) is 3.13. The van der Waals surface area contributed by atoms with Gasteiger partial charge in [-0.1, -0.05) is 6.42 Å². The van der Waals surface area contributed by atoms with Gasteiger partial charge in [0.2, 0.25) is 0 Å². The minimum atomic E-state index is -0.405. The molecule has 0 radical (unpaired) electrons. The van der Waals surface area contributed by atoms with E-state index in [4.69, 9.17) is 4.74 Å². The van der Waals surface area contributed by atoms with Crippen LogP contribution in [0.1, 0.15) is 38.5 Å². The van der Waals surface area contributed by atoms with Gasteiger partial charge >= 0.3 is 0 Å². The average molecular weight is 257 g/mol. The zero-order chi connectivity index (χ0) is 12.8. The maximum atomic E-state index is 9.73. The molecule has 0 heterocycles. The highest BCUT2D eigenvalue weighted by Crippen LogP contribution is 2.28. The van der Waals surface area contributed by atoms with Gasteiger partial charge in [-0.15, -0.1) is 0 Å². The molecule has 106 valence electrons. The summed E-state index contributed by atoms with van der Waals surface area (Å²) in [6, 6.07) is 0. The minimum Gasteiger partial charge on any atom is -0.393 e. The summed E-state index contributed by atoms with van der Waals surface area (Å²) in [5.41, 5.74) is 0. The molecule has 2 rings (SSSR count). The lowest BCUT2D eigenvalue weighted by molar-refractivity contribution is 0.0312. The Morgan fingerprint density at radius 2 is 2.00 bits per heavy atom. The predicted molar refractivity (Wildman–Crippen MR) is 70.4 cm³/mol. The number of aliphatic hydroxyl groups excluding tert-OH is 2. The number of hydrogen-bond donors (Lipinski definition) is 3. The maximum Gasteiger partial charge on any atom is 0.0897 e. The van der Waals surface area contributed by atoms with Crippen molar-refractivity contribution in [1.29, 1.82) is 0 Å². The summed E-state index contributed by atoms with van der Waals surface area (Å²) in [5.74, 6) is 1.32. The molecule has 2 saturated carbocycles. The number of nitrogens with one attached hydrogen (secondary N) is 1. The van der Waals surface area contributed by atoms with Crippen LogP contribution in [0.5, 0.6) is 0 Å². The molecule has 0 aromatic carbocycles. The second-order valence-corrected chi connectivity index (χ2v) is 5.98. The number of hydrogen-bond acceptors (Lipinski definition) is 4. The molecule has 0 amide bonds. The van der Waals surface area contributed by atoms with Gasteiger partial charge in [0.1, 0.15) is 0 Å². The van der Waals surface area contributed by atoms with Crippen LogP contribution in [-0.2, 0) is 4.74 Å². The molecule has 3 atom stereocenters. The third-order valence-electron chi connectivity index (χ3n) is 3.93. The van der Waals surface area contributed by atoms with Crippen LogP contribution in [-0.4, -0.2) is 48.7 Å². The van der Waals surface area contributed by atoms with E-state index >= 15 is 0 Å². The molecule has 0 spiro atoms. The summed E-state index contributed by atoms with van der Waals surface area (Å²) in [6.45, 7) is 2.75. The van der Waals surface area contributed by atoms with E-state index in [1.165, 1.54) is 19.3 Å². The van der Waals surface area contributed by atoms with E-state index in [1.807, 2.05) is 0 Å². The highest BCUT2D eigenvalue weighted by Gasteiger charge is 2.22. The highest BCUT2D eigenvalue weighted by atomic mass is 16.5. The summed E-state index contributed by atoms with van der Waals surface area (Å²) < 4.78 is 5.45. The molecule has 2 fully saturated rings. The summed E-state index contributed by atoms with van der Waals surface area (Å²) in [4.78, 5) is 0. The molecule has 0 aromatic rings. The van der Waals surface area contributed by atoms with Crippen molar-refractivity contribution in [3.63, 3.8) is 0 Å². The van der Waals surface area contributed by atoms with E-state index < -0.39 is 6.10 Å². The van der Waals surface area contributed by atoms with E-state index in [9.17, 15) is 10.2 Å². The Labute approximate surface area is 110 Å². The van der Waals surface area contributed by atoms with Crippen LogP contribution in [0, 0.1) is 11.8 Å². The quantitative estimate of drug-likeness (QED) is 0.605. The fourth-order valence-corrected chi connectivity index (χ4v) is 2.62. The Bertz CT molecular complexity index is 233. The van der Waals surface area contributed by atoms with Gasteiger partial charge < -0.3 is 20.3 Å². The van der Waals surface area contributed by atoms with Gasteiger partial charge in [-0.2, -0.15) is 0 Å². The lowest BCUT2D eigenvalue weighted by Crippen LogP contribution is -2.35. The van der Waals surface area contributed by atoms with Gasteiger partial charge in [-0.25, -0.2) is 0 Å². The van der Waals surface area contributed by atoms with Crippen LogP contribution in [0.2, 0.25) is 0 Å². The summed E-state index contributed by atoms with van der Waals surface area (Å²) in [7, 11) is 0. The smallest absolute Gasteiger partial charge is 0.0897 e. The molecule has 2 aliphatic carbocycles. The van der Waals surface area contributed by atoms with Gasteiger partial charge in [0, 0.05) is 13.2 Å². The highest BCUT2D eigenvalue weighted by molar-refractivity contribution is 4.75. The molecule has 0 bridgehead atoms. The Balaban J connectivity index is 1.45. The third-order valence-corrected chi connectivity index (χ3v) is 3.93. The fraction of sp³-hybridized carbons (Fsp3) is 1.00.